The van der Waals surface area contributed by atoms with Crippen LogP contribution in [0.5, 0.6) is 0 Å². The van der Waals surface area contributed by atoms with E-state index in [0.29, 0.717) is 6.10 Å². The van der Waals surface area contributed by atoms with Gasteiger partial charge in [-0.1, -0.05) is 0 Å². The van der Waals surface area contributed by atoms with Gasteiger partial charge in [0.25, 0.3) is 0 Å². The zero-order chi connectivity index (χ0) is 8.69. The molecular formula is C6H14O3SSi. The molecule has 0 aliphatic carbocycles. The van der Waals surface area contributed by atoms with Gasteiger partial charge in [-0.15, -0.1) is 0 Å². The normalized spacial score (nSPS) is 11.3. The third kappa shape index (κ3) is 10.00. The zero-order valence-corrected chi connectivity index (χ0v) is 9.36. The SMILES string of the molecule is CC(=O)OSC[SiH2]OC(C)C. The molecule has 11 heavy (non-hydrogen) atoms. The van der Waals surface area contributed by atoms with E-state index in [0.717, 1.165) is 5.38 Å². The first-order valence-electron chi connectivity index (χ1n) is 3.54. The lowest BCUT2D eigenvalue weighted by Gasteiger charge is -2.05. The molecular weight excluding hydrogens is 180 g/mol. The maximum atomic E-state index is 10.3. The van der Waals surface area contributed by atoms with Crippen LogP contribution in [0.1, 0.15) is 20.8 Å². The molecule has 0 N–H and O–H groups in total. The van der Waals surface area contributed by atoms with Gasteiger partial charge >= 0.3 is 5.97 Å². The number of hydrogen-bond donors (Lipinski definition) is 0. The Labute approximate surface area is 74.0 Å². The molecule has 66 valence electrons. The summed E-state index contributed by atoms with van der Waals surface area (Å²) in [5, 5.41) is 0.831. The van der Waals surface area contributed by atoms with Crippen molar-refractivity contribution in [2.45, 2.75) is 26.9 Å². The van der Waals surface area contributed by atoms with Crippen molar-refractivity contribution in [1.82, 2.24) is 0 Å². The summed E-state index contributed by atoms with van der Waals surface area (Å²) < 4.78 is 10.0. The van der Waals surface area contributed by atoms with Crippen molar-refractivity contribution in [2.24, 2.45) is 0 Å². The highest BCUT2D eigenvalue weighted by Crippen LogP contribution is 2.01. The fourth-order valence-corrected chi connectivity index (χ4v) is 2.07. The second-order valence-electron chi connectivity index (χ2n) is 2.32. The lowest BCUT2D eigenvalue weighted by atomic mass is 10.5. The van der Waals surface area contributed by atoms with Crippen LogP contribution in [-0.4, -0.2) is 27.2 Å². The first-order chi connectivity index (χ1) is 5.13. The van der Waals surface area contributed by atoms with Crippen LogP contribution in [0, 0.1) is 0 Å². The standard InChI is InChI=1S/C6H14O3SSi/c1-5(2)9-11-4-10-8-6(3)7/h5H,4,11H2,1-3H3. The molecule has 0 atom stereocenters. The molecule has 0 aromatic heterocycles. The predicted molar refractivity (Wildman–Crippen MR) is 49.0 cm³/mol. The number of carbonyl (C=O) groups is 1. The average molecular weight is 194 g/mol. The first-order valence-corrected chi connectivity index (χ1v) is 6.03. The molecule has 0 fully saturated rings. The Morgan fingerprint density at radius 1 is 1.64 bits per heavy atom. The van der Waals surface area contributed by atoms with Crippen LogP contribution >= 0.6 is 12.0 Å². The van der Waals surface area contributed by atoms with Gasteiger partial charge in [0.2, 0.25) is 0 Å². The summed E-state index contributed by atoms with van der Waals surface area (Å²) in [5.74, 6) is -0.242. The van der Waals surface area contributed by atoms with Crippen molar-refractivity contribution >= 4 is 27.8 Å². The number of carbonyl (C=O) groups excluding carboxylic acids is 1. The summed E-state index contributed by atoms with van der Waals surface area (Å²) in [6.45, 7) is 5.41. The Hall–Kier alpha value is -0.00312. The van der Waals surface area contributed by atoms with Gasteiger partial charge in [-0.2, -0.15) is 0 Å². The summed E-state index contributed by atoms with van der Waals surface area (Å²) >= 11 is 1.19. The van der Waals surface area contributed by atoms with E-state index in [1.165, 1.54) is 19.0 Å². The van der Waals surface area contributed by atoms with Crippen molar-refractivity contribution in [3.63, 3.8) is 0 Å². The van der Waals surface area contributed by atoms with Gasteiger partial charge in [0, 0.05) is 18.4 Å². The zero-order valence-electron chi connectivity index (χ0n) is 7.12. The fourth-order valence-electron chi connectivity index (χ4n) is 0.442. The minimum Gasteiger partial charge on any atom is -0.421 e. The molecule has 0 aromatic rings. The van der Waals surface area contributed by atoms with Gasteiger partial charge < -0.3 is 8.61 Å². The van der Waals surface area contributed by atoms with Crippen molar-refractivity contribution in [3.8, 4) is 0 Å². The molecule has 5 heteroatoms. The summed E-state index contributed by atoms with van der Waals surface area (Å²) in [6, 6.07) is 0. The lowest BCUT2D eigenvalue weighted by molar-refractivity contribution is -0.130. The van der Waals surface area contributed by atoms with Crippen LogP contribution in [0.3, 0.4) is 0 Å². The molecule has 0 amide bonds. The Morgan fingerprint density at radius 3 is 2.73 bits per heavy atom. The molecule has 0 radical (unpaired) electrons. The summed E-state index contributed by atoms with van der Waals surface area (Å²) in [4.78, 5) is 10.3. The molecule has 3 nitrogen and oxygen atoms in total. The van der Waals surface area contributed by atoms with Gasteiger partial charge in [0.15, 0.2) is 9.76 Å². The second kappa shape index (κ2) is 6.69. The largest absolute Gasteiger partial charge is 0.421 e. The summed E-state index contributed by atoms with van der Waals surface area (Å²) in [5.41, 5.74) is 0. The van der Waals surface area contributed by atoms with Gasteiger partial charge in [0.05, 0.1) is 12.0 Å². The van der Waals surface area contributed by atoms with E-state index in [4.69, 9.17) is 4.43 Å². The van der Waals surface area contributed by atoms with E-state index >= 15 is 0 Å². The molecule has 0 bridgehead atoms. The third-order valence-corrected chi connectivity index (χ3v) is 3.38. The van der Waals surface area contributed by atoms with Gasteiger partial charge in [0.1, 0.15) is 0 Å². The van der Waals surface area contributed by atoms with E-state index in [1.54, 1.807) is 0 Å². The Kier molecular flexibility index (Phi) is 6.69. The van der Waals surface area contributed by atoms with E-state index in [2.05, 4.69) is 4.18 Å². The number of hydrogen-bond acceptors (Lipinski definition) is 4. The van der Waals surface area contributed by atoms with E-state index in [9.17, 15) is 4.79 Å². The first kappa shape index (κ1) is 11.0. The van der Waals surface area contributed by atoms with Crippen LogP contribution in [-0.2, 0) is 13.4 Å². The Morgan fingerprint density at radius 2 is 2.27 bits per heavy atom. The fraction of sp³-hybridized carbons (Fsp3) is 0.833. The minimum atomic E-state index is -0.493. The highest BCUT2D eigenvalue weighted by atomic mass is 32.2. The smallest absolute Gasteiger partial charge is 0.314 e. The van der Waals surface area contributed by atoms with Crippen molar-refractivity contribution in [1.29, 1.82) is 0 Å². The van der Waals surface area contributed by atoms with Crippen molar-refractivity contribution < 1.29 is 13.4 Å². The van der Waals surface area contributed by atoms with E-state index in [-0.39, 0.29) is 5.97 Å². The molecule has 0 saturated heterocycles. The summed E-state index contributed by atoms with van der Waals surface area (Å²) in [6.07, 6.45) is 0.305. The molecule has 0 aromatic carbocycles. The van der Waals surface area contributed by atoms with Crippen molar-refractivity contribution in [2.75, 3.05) is 5.38 Å². The van der Waals surface area contributed by atoms with Crippen LogP contribution in [0.4, 0.5) is 0 Å². The average Bonchev–Trinajstić information content (AvgIpc) is 1.85. The predicted octanol–water partition coefficient (Wildman–Crippen LogP) is 0.664. The van der Waals surface area contributed by atoms with Crippen molar-refractivity contribution in [3.05, 3.63) is 0 Å². The van der Waals surface area contributed by atoms with Crippen LogP contribution in [0.25, 0.3) is 0 Å². The van der Waals surface area contributed by atoms with Crippen LogP contribution in [0.2, 0.25) is 0 Å². The highest BCUT2D eigenvalue weighted by Gasteiger charge is 1.96. The maximum absolute atomic E-state index is 10.3. The topological polar surface area (TPSA) is 35.5 Å². The maximum Gasteiger partial charge on any atom is 0.314 e. The lowest BCUT2D eigenvalue weighted by Crippen LogP contribution is -2.09. The molecule has 0 saturated carbocycles. The molecule has 0 aliphatic rings. The van der Waals surface area contributed by atoms with Crippen LogP contribution in [0.15, 0.2) is 0 Å². The highest BCUT2D eigenvalue weighted by molar-refractivity contribution is 7.96. The molecule has 0 heterocycles. The van der Waals surface area contributed by atoms with E-state index < -0.39 is 9.76 Å². The minimum absolute atomic E-state index is 0.242. The third-order valence-electron chi connectivity index (χ3n) is 0.794. The molecule has 0 spiro atoms. The molecule has 0 unspecified atom stereocenters. The van der Waals surface area contributed by atoms with E-state index in [1.807, 2.05) is 13.8 Å². The quantitative estimate of drug-likeness (QED) is 0.366. The van der Waals surface area contributed by atoms with Gasteiger partial charge in [-0.3, -0.25) is 4.79 Å². The molecule has 0 rings (SSSR count). The molecule has 0 aliphatic heterocycles. The van der Waals surface area contributed by atoms with Gasteiger partial charge in [-0.25, -0.2) is 0 Å². The number of rotatable bonds is 5. The van der Waals surface area contributed by atoms with Crippen LogP contribution < -0.4 is 0 Å². The monoisotopic (exact) mass is 194 g/mol. The second-order valence-corrected chi connectivity index (χ2v) is 5.09. The Balaban J connectivity index is 2.97. The Bertz CT molecular complexity index is 118. The summed E-state index contributed by atoms with van der Waals surface area (Å²) in [7, 11) is -0.493. The van der Waals surface area contributed by atoms with Gasteiger partial charge in [-0.05, 0) is 13.8 Å².